The smallest absolute Gasteiger partial charge is 0.0920 e. The van der Waals surface area contributed by atoms with Crippen molar-refractivity contribution in [1.82, 2.24) is 0 Å². The van der Waals surface area contributed by atoms with Crippen LogP contribution in [-0.4, -0.2) is 9.52 Å². The van der Waals surface area contributed by atoms with E-state index in [0.29, 0.717) is 0 Å². The molecule has 0 aromatic heterocycles. The van der Waals surface area contributed by atoms with Crippen LogP contribution in [0.4, 0.5) is 0 Å². The summed E-state index contributed by atoms with van der Waals surface area (Å²) < 4.78 is 0. The molecule has 4 heteroatoms. The van der Waals surface area contributed by atoms with Crippen molar-refractivity contribution in [2.24, 2.45) is 0 Å². The Balaban J connectivity index is 0.000000163. The molecule has 1 aliphatic rings. The van der Waals surface area contributed by atoms with Crippen LogP contribution in [0.5, 0.6) is 0 Å². The summed E-state index contributed by atoms with van der Waals surface area (Å²) in [6, 6.07) is 34.2. The van der Waals surface area contributed by atoms with Gasteiger partial charge in [0.2, 0.25) is 0 Å². The first-order valence-electron chi connectivity index (χ1n) is 12.1. The van der Waals surface area contributed by atoms with Crippen molar-refractivity contribution < 1.29 is 20.8 Å². The Hall–Kier alpha value is -1.83. The molecule has 0 nitrogen and oxygen atoms in total. The molecular formula is C32H28Cl2SiZr. The maximum absolute atomic E-state index is 4.93. The second-order valence-electron chi connectivity index (χ2n) is 9.07. The van der Waals surface area contributed by atoms with Gasteiger partial charge in [-0.05, 0) is 25.8 Å². The van der Waals surface area contributed by atoms with Crippen LogP contribution in [0.2, 0.25) is 0 Å². The molecule has 5 aromatic carbocycles. The first kappa shape index (κ1) is 27.2. The van der Waals surface area contributed by atoms with E-state index in [-0.39, 0.29) is 0 Å². The van der Waals surface area contributed by atoms with Crippen LogP contribution < -0.4 is 10.4 Å². The van der Waals surface area contributed by atoms with Crippen molar-refractivity contribution in [3.8, 4) is 22.3 Å². The second kappa shape index (κ2) is 12.6. The van der Waals surface area contributed by atoms with E-state index in [0.717, 1.165) is 15.9 Å². The molecule has 0 saturated heterocycles. The van der Waals surface area contributed by atoms with Crippen molar-refractivity contribution in [2.75, 3.05) is 0 Å². The molecule has 0 unspecified atom stereocenters. The van der Waals surface area contributed by atoms with E-state index in [1.54, 1.807) is 0 Å². The Labute approximate surface area is 236 Å². The van der Waals surface area contributed by atoms with Crippen LogP contribution in [0.1, 0.15) is 29.2 Å². The largest absolute Gasteiger partial charge is 0.184 e. The third kappa shape index (κ3) is 6.17. The first-order valence-corrected chi connectivity index (χ1v) is 19.4. The van der Waals surface area contributed by atoms with Crippen molar-refractivity contribution in [2.45, 2.75) is 34.1 Å². The Kier molecular flexibility index (Phi) is 9.53. The van der Waals surface area contributed by atoms with Crippen LogP contribution in [0.15, 0.2) is 84.9 Å². The van der Waals surface area contributed by atoms with E-state index in [2.05, 4.69) is 113 Å². The fraction of sp³-hybridized carbons (Fsp3) is 0.156. The Bertz CT molecular complexity index is 1420. The number of rotatable bonds is 2. The predicted molar refractivity (Wildman–Crippen MR) is 156 cm³/mol. The van der Waals surface area contributed by atoms with Gasteiger partial charge in [0.25, 0.3) is 0 Å². The standard InChI is InChI=1S/C20H21.C12H7Si.2ClH.Zr/c1-5-16-6-7-17-9-15(4)12-19(17)20(16)18-10-13(2)8-14(3)11-18;1-3-7-11-9(5-1)10-6-2-4-8-12(10)13-11;;;/h6-12H,5H2,1-4H3;1-7H;2*1H;/q2*-1;;;+4/p-2. The van der Waals surface area contributed by atoms with Gasteiger partial charge >= 0.3 is 37.9 Å². The van der Waals surface area contributed by atoms with Crippen LogP contribution in [0.3, 0.4) is 0 Å². The molecule has 0 amide bonds. The molecule has 178 valence electrons. The minimum Gasteiger partial charge on any atom is -0.184 e. The molecule has 0 aliphatic carbocycles. The Morgan fingerprint density at radius 3 is 2.28 bits per heavy atom. The van der Waals surface area contributed by atoms with Gasteiger partial charge in [-0.25, -0.2) is 0 Å². The predicted octanol–water partition coefficient (Wildman–Crippen LogP) is 8.21. The van der Waals surface area contributed by atoms with Crippen molar-refractivity contribution in [3.63, 3.8) is 0 Å². The van der Waals surface area contributed by atoms with Crippen LogP contribution >= 0.6 is 17.0 Å². The van der Waals surface area contributed by atoms with Crippen LogP contribution in [0, 0.1) is 26.8 Å². The van der Waals surface area contributed by atoms with Gasteiger partial charge in [0.15, 0.2) is 0 Å². The molecule has 36 heavy (non-hydrogen) atoms. The van der Waals surface area contributed by atoms with Gasteiger partial charge in [0, 0.05) is 0 Å². The summed E-state index contributed by atoms with van der Waals surface area (Å²) >= 11 is -0.826. The van der Waals surface area contributed by atoms with Gasteiger partial charge in [-0.1, -0.05) is 89.3 Å². The molecule has 6 rings (SSSR count). The van der Waals surface area contributed by atoms with Crippen LogP contribution in [0.25, 0.3) is 33.0 Å². The normalized spacial score (nSPS) is 10.9. The average Bonchev–Trinajstić information content (AvgIpc) is 3.43. The Morgan fingerprint density at radius 2 is 1.56 bits per heavy atom. The number of hydrogen-bond acceptors (Lipinski definition) is 0. The van der Waals surface area contributed by atoms with Crippen molar-refractivity contribution >= 4 is 47.7 Å². The monoisotopic (exact) mass is 600 g/mol. The molecule has 0 fully saturated rings. The fourth-order valence-corrected chi connectivity index (χ4v) is 6.27. The molecule has 0 saturated carbocycles. The van der Waals surface area contributed by atoms with Gasteiger partial charge < -0.3 is 0 Å². The zero-order valence-corrected chi connectivity index (χ0v) is 26.0. The number of halogens is 2. The average molecular weight is 603 g/mol. The number of fused-ring (bicyclic) bond motifs is 4. The zero-order valence-electron chi connectivity index (χ0n) is 21.0. The SMILES string of the molecule is CCc1ccc2[cH-]c(C)cc2c1-c1cc(C)cc(C)c1.[Cl][Zr+2][Cl].[c-]1cccc2c1[Si]c1ccccc1-2. The summed E-state index contributed by atoms with van der Waals surface area (Å²) in [5.74, 6) is 0. The molecule has 1 aliphatic heterocycles. The van der Waals surface area contributed by atoms with Gasteiger partial charge in [0.05, 0.1) is 9.52 Å². The molecule has 5 aromatic rings. The van der Waals surface area contributed by atoms with E-state index in [1.165, 1.54) is 65.7 Å². The summed E-state index contributed by atoms with van der Waals surface area (Å²) in [4.78, 5) is 0. The third-order valence-electron chi connectivity index (χ3n) is 6.35. The summed E-state index contributed by atoms with van der Waals surface area (Å²) in [6.45, 7) is 8.77. The van der Waals surface area contributed by atoms with Gasteiger partial charge in [-0.2, -0.15) is 35.5 Å². The minimum atomic E-state index is -0.826. The van der Waals surface area contributed by atoms with E-state index in [1.807, 2.05) is 6.07 Å². The van der Waals surface area contributed by atoms with Crippen molar-refractivity contribution in [1.29, 1.82) is 0 Å². The molecule has 0 atom stereocenters. The molecular weight excluding hydrogens is 575 g/mol. The molecule has 0 N–H and O–H groups in total. The summed E-state index contributed by atoms with van der Waals surface area (Å²) in [5, 5.41) is 5.57. The van der Waals surface area contributed by atoms with Crippen molar-refractivity contribution in [3.05, 3.63) is 113 Å². The van der Waals surface area contributed by atoms with E-state index >= 15 is 0 Å². The molecule has 0 spiro atoms. The number of hydrogen-bond donors (Lipinski definition) is 0. The number of benzene rings is 4. The topological polar surface area (TPSA) is 0 Å². The first-order chi connectivity index (χ1) is 17.4. The summed E-state index contributed by atoms with van der Waals surface area (Å²) in [7, 11) is 10.7. The second-order valence-corrected chi connectivity index (χ2v) is 14.1. The van der Waals surface area contributed by atoms with Crippen LogP contribution in [-0.2, 0) is 27.3 Å². The number of aryl methyl sites for hydroxylation is 4. The molecule has 2 radical (unpaired) electrons. The van der Waals surface area contributed by atoms with E-state index in [9.17, 15) is 0 Å². The summed E-state index contributed by atoms with van der Waals surface area (Å²) in [6.07, 6.45) is 1.07. The maximum Gasteiger partial charge on any atom is 0.0920 e. The summed E-state index contributed by atoms with van der Waals surface area (Å²) in [5.41, 5.74) is 11.0. The maximum atomic E-state index is 4.93. The zero-order chi connectivity index (χ0) is 25.7. The minimum absolute atomic E-state index is 0.795. The van der Waals surface area contributed by atoms with Gasteiger partial charge in [0.1, 0.15) is 0 Å². The van der Waals surface area contributed by atoms with Gasteiger partial charge in [-0.15, -0.1) is 40.1 Å². The molecule has 1 heterocycles. The van der Waals surface area contributed by atoms with Gasteiger partial charge in [-0.3, -0.25) is 0 Å². The third-order valence-corrected chi connectivity index (χ3v) is 7.71. The fourth-order valence-electron chi connectivity index (χ4n) is 4.96. The quantitative estimate of drug-likeness (QED) is 0.138. The van der Waals surface area contributed by atoms with E-state index in [4.69, 9.17) is 17.0 Å². The Morgan fingerprint density at radius 1 is 0.861 bits per heavy atom. The molecule has 0 bridgehead atoms. The van der Waals surface area contributed by atoms with E-state index < -0.39 is 20.8 Å².